The van der Waals surface area contributed by atoms with Crippen molar-refractivity contribution >= 4 is 21.6 Å². The lowest BCUT2D eigenvalue weighted by molar-refractivity contribution is -0.119. The average Bonchev–Trinajstić information content (AvgIpc) is 2.80. The van der Waals surface area contributed by atoms with Crippen molar-refractivity contribution < 1.29 is 17.9 Å². The molecular formula is C25H34N2O4S. The van der Waals surface area contributed by atoms with Crippen molar-refractivity contribution in [2.45, 2.75) is 63.4 Å². The van der Waals surface area contributed by atoms with E-state index in [0.717, 1.165) is 24.0 Å². The van der Waals surface area contributed by atoms with E-state index in [2.05, 4.69) is 5.32 Å². The predicted octanol–water partition coefficient (Wildman–Crippen LogP) is 4.35. The Morgan fingerprint density at radius 1 is 1.03 bits per heavy atom. The summed E-state index contributed by atoms with van der Waals surface area (Å²) in [5, 5.41) is 2.85. The van der Waals surface area contributed by atoms with Crippen LogP contribution in [0.25, 0.3) is 0 Å². The number of hydrogen-bond donors (Lipinski definition) is 1. The molecule has 0 radical (unpaired) electrons. The molecule has 1 N–H and O–H groups in total. The zero-order chi connectivity index (χ0) is 23.0. The number of amides is 1. The van der Waals surface area contributed by atoms with Crippen molar-refractivity contribution in [2.75, 3.05) is 24.0 Å². The summed E-state index contributed by atoms with van der Waals surface area (Å²) in [5.74, 6) is -0.333. The summed E-state index contributed by atoms with van der Waals surface area (Å²) < 4.78 is 33.8. The van der Waals surface area contributed by atoms with Crippen LogP contribution in [-0.4, -0.2) is 40.1 Å². The summed E-state index contributed by atoms with van der Waals surface area (Å²) in [5.41, 5.74) is 2.51. The molecule has 1 fully saturated rings. The van der Waals surface area contributed by atoms with Crippen molar-refractivity contribution in [2.24, 2.45) is 0 Å². The monoisotopic (exact) mass is 458 g/mol. The van der Waals surface area contributed by atoms with Crippen LogP contribution in [0.2, 0.25) is 0 Å². The molecule has 7 heteroatoms. The number of carbonyl (C=O) groups is 1. The number of sulfonamides is 1. The lowest BCUT2D eigenvalue weighted by atomic mass is 9.98. The Morgan fingerprint density at radius 3 is 2.44 bits per heavy atom. The van der Waals surface area contributed by atoms with Gasteiger partial charge in [0.15, 0.2) is 0 Å². The first kappa shape index (κ1) is 24.3. The molecular weight excluding hydrogens is 424 g/mol. The summed E-state index contributed by atoms with van der Waals surface area (Å²) >= 11 is 0. The molecule has 0 aromatic heterocycles. The quantitative estimate of drug-likeness (QED) is 0.537. The Kier molecular flexibility index (Phi) is 8.70. The molecule has 1 amide bonds. The molecule has 0 spiro atoms. The van der Waals surface area contributed by atoms with Crippen LogP contribution in [0.1, 0.15) is 49.7 Å². The van der Waals surface area contributed by atoms with Gasteiger partial charge in [0.25, 0.3) is 10.0 Å². The van der Waals surface area contributed by atoms with Gasteiger partial charge in [-0.15, -0.1) is 0 Å². The van der Waals surface area contributed by atoms with Crippen molar-refractivity contribution in [3.63, 3.8) is 0 Å². The lowest BCUT2D eigenvalue weighted by Crippen LogP contribution is -2.41. The number of rotatable bonds is 10. The average molecular weight is 459 g/mol. The second-order valence-electron chi connectivity index (χ2n) is 8.43. The van der Waals surface area contributed by atoms with E-state index in [4.69, 9.17) is 4.74 Å². The van der Waals surface area contributed by atoms with E-state index in [-0.39, 0.29) is 17.3 Å². The SMILES string of the molecule is Cc1ccc(N(CC(=O)NCCCOC2CCCCC2)S(=O)(=O)c2ccccc2)cc1C. The molecule has 0 heterocycles. The van der Waals surface area contributed by atoms with Crippen LogP contribution < -0.4 is 9.62 Å². The zero-order valence-corrected chi connectivity index (χ0v) is 19.9. The maximum atomic E-state index is 13.3. The lowest BCUT2D eigenvalue weighted by Gasteiger charge is -2.25. The maximum Gasteiger partial charge on any atom is 0.264 e. The van der Waals surface area contributed by atoms with Crippen molar-refractivity contribution in [1.29, 1.82) is 0 Å². The summed E-state index contributed by atoms with van der Waals surface area (Å²) in [7, 11) is -3.88. The van der Waals surface area contributed by atoms with Gasteiger partial charge in [0.05, 0.1) is 16.7 Å². The predicted molar refractivity (Wildman–Crippen MR) is 127 cm³/mol. The Morgan fingerprint density at radius 2 is 1.75 bits per heavy atom. The molecule has 0 bridgehead atoms. The maximum absolute atomic E-state index is 13.3. The highest BCUT2D eigenvalue weighted by Gasteiger charge is 2.27. The molecule has 0 unspecified atom stereocenters. The van der Waals surface area contributed by atoms with Gasteiger partial charge >= 0.3 is 0 Å². The summed E-state index contributed by atoms with van der Waals surface area (Å²) in [6.07, 6.45) is 7.03. The minimum atomic E-state index is -3.88. The molecule has 0 aliphatic heterocycles. The molecule has 174 valence electrons. The number of hydrogen-bond acceptors (Lipinski definition) is 4. The van der Waals surface area contributed by atoms with Crippen LogP contribution in [0.15, 0.2) is 53.4 Å². The number of nitrogens with zero attached hydrogens (tertiary/aromatic N) is 1. The van der Waals surface area contributed by atoms with Crippen molar-refractivity contribution in [3.05, 3.63) is 59.7 Å². The minimum absolute atomic E-state index is 0.159. The molecule has 1 aliphatic rings. The molecule has 0 atom stereocenters. The number of carbonyl (C=O) groups excluding carboxylic acids is 1. The third-order valence-corrected chi connectivity index (χ3v) is 7.73. The van der Waals surface area contributed by atoms with E-state index in [1.807, 2.05) is 19.9 Å². The smallest absolute Gasteiger partial charge is 0.264 e. The molecule has 32 heavy (non-hydrogen) atoms. The topological polar surface area (TPSA) is 75.7 Å². The number of aryl methyl sites for hydroxylation is 2. The van der Waals surface area contributed by atoms with E-state index < -0.39 is 10.0 Å². The standard InChI is InChI=1S/C25H34N2O4S/c1-20-14-15-22(18-21(20)2)27(32(29,30)24-12-7-4-8-13-24)19-25(28)26-16-9-17-31-23-10-5-3-6-11-23/h4,7-8,12-15,18,23H,3,5-6,9-11,16-17,19H2,1-2H3,(H,26,28). The fourth-order valence-electron chi connectivity index (χ4n) is 3.88. The second kappa shape index (κ2) is 11.5. The third-order valence-electron chi connectivity index (χ3n) is 5.95. The van der Waals surface area contributed by atoms with Crippen molar-refractivity contribution in [1.82, 2.24) is 5.32 Å². The first-order valence-electron chi connectivity index (χ1n) is 11.4. The minimum Gasteiger partial charge on any atom is -0.378 e. The van der Waals surface area contributed by atoms with Crippen LogP contribution in [-0.2, 0) is 19.6 Å². The number of anilines is 1. The second-order valence-corrected chi connectivity index (χ2v) is 10.3. The fourth-order valence-corrected chi connectivity index (χ4v) is 5.32. The van der Waals surface area contributed by atoms with Gasteiger partial charge < -0.3 is 10.1 Å². The van der Waals surface area contributed by atoms with Crippen LogP contribution in [0, 0.1) is 13.8 Å². The van der Waals surface area contributed by atoms with Crippen LogP contribution >= 0.6 is 0 Å². The van der Waals surface area contributed by atoms with Crippen molar-refractivity contribution in [3.8, 4) is 0 Å². The first-order chi connectivity index (χ1) is 15.4. The van der Waals surface area contributed by atoms with Crippen LogP contribution in [0.3, 0.4) is 0 Å². The highest BCUT2D eigenvalue weighted by atomic mass is 32.2. The molecule has 2 aromatic carbocycles. The number of benzene rings is 2. The third kappa shape index (κ3) is 6.56. The summed E-state index contributed by atoms with van der Waals surface area (Å²) in [4.78, 5) is 12.8. The largest absolute Gasteiger partial charge is 0.378 e. The highest BCUT2D eigenvalue weighted by molar-refractivity contribution is 7.92. The van der Waals surface area contributed by atoms with Gasteiger partial charge in [0.1, 0.15) is 6.54 Å². The summed E-state index contributed by atoms with van der Waals surface area (Å²) in [6, 6.07) is 13.6. The Balaban J connectivity index is 1.63. The Bertz CT molecular complexity index is 986. The van der Waals surface area contributed by atoms with E-state index in [1.54, 1.807) is 42.5 Å². The van der Waals surface area contributed by atoms with E-state index >= 15 is 0 Å². The van der Waals surface area contributed by atoms with Gasteiger partial charge in [-0.05, 0) is 68.5 Å². The molecule has 6 nitrogen and oxygen atoms in total. The number of nitrogens with one attached hydrogen (secondary N) is 1. The van der Waals surface area contributed by atoms with E-state index in [1.165, 1.54) is 23.6 Å². The zero-order valence-electron chi connectivity index (χ0n) is 19.0. The molecule has 1 saturated carbocycles. The fraction of sp³-hybridized carbons (Fsp3) is 0.480. The van der Waals surface area contributed by atoms with Gasteiger partial charge in [-0.2, -0.15) is 0 Å². The van der Waals surface area contributed by atoms with Crippen LogP contribution in [0.4, 0.5) is 5.69 Å². The van der Waals surface area contributed by atoms with Gasteiger partial charge in [-0.25, -0.2) is 8.42 Å². The normalized spacial score (nSPS) is 14.8. The molecule has 3 rings (SSSR count). The molecule has 1 aliphatic carbocycles. The van der Waals surface area contributed by atoms with Gasteiger partial charge in [-0.3, -0.25) is 9.10 Å². The van der Waals surface area contributed by atoms with Crippen LogP contribution in [0.5, 0.6) is 0 Å². The van der Waals surface area contributed by atoms with E-state index in [9.17, 15) is 13.2 Å². The van der Waals surface area contributed by atoms with Gasteiger partial charge in [-0.1, -0.05) is 43.5 Å². The summed E-state index contributed by atoms with van der Waals surface area (Å²) in [6.45, 7) is 4.69. The molecule has 0 saturated heterocycles. The highest BCUT2D eigenvalue weighted by Crippen LogP contribution is 2.25. The Labute approximate surface area is 192 Å². The van der Waals surface area contributed by atoms with E-state index in [0.29, 0.717) is 31.4 Å². The first-order valence-corrected chi connectivity index (χ1v) is 12.9. The number of ether oxygens (including phenoxy) is 1. The Hall–Kier alpha value is -2.38. The van der Waals surface area contributed by atoms with Gasteiger partial charge in [0.2, 0.25) is 5.91 Å². The molecule has 2 aromatic rings. The van der Waals surface area contributed by atoms with Gasteiger partial charge in [0, 0.05) is 13.2 Å².